The van der Waals surface area contributed by atoms with Crippen molar-refractivity contribution in [1.82, 2.24) is 4.72 Å². The van der Waals surface area contributed by atoms with Crippen LogP contribution in [-0.4, -0.2) is 32.8 Å². The predicted molar refractivity (Wildman–Crippen MR) is 57.8 cm³/mol. The van der Waals surface area contributed by atoms with Gasteiger partial charge >= 0.3 is 5.97 Å². The highest BCUT2D eigenvalue weighted by molar-refractivity contribution is 7.90. The van der Waals surface area contributed by atoms with Crippen molar-refractivity contribution in [1.29, 1.82) is 5.26 Å². The zero-order chi connectivity index (χ0) is 12.8. The molecule has 0 spiro atoms. The molecule has 1 N–H and O–H groups in total. The maximum Gasteiger partial charge on any atom is 0.325 e. The lowest BCUT2D eigenvalue weighted by Crippen LogP contribution is -2.42. The van der Waals surface area contributed by atoms with Gasteiger partial charge in [0.05, 0.1) is 13.2 Å². The zero-order valence-corrected chi connectivity index (χ0v) is 10.4. The van der Waals surface area contributed by atoms with Crippen molar-refractivity contribution in [3.05, 3.63) is 0 Å². The van der Waals surface area contributed by atoms with E-state index in [4.69, 9.17) is 5.26 Å². The van der Waals surface area contributed by atoms with E-state index in [2.05, 4.69) is 9.46 Å². The van der Waals surface area contributed by atoms with Crippen molar-refractivity contribution in [3.8, 4) is 6.07 Å². The Balaban J connectivity index is 4.69. The highest BCUT2D eigenvalue weighted by atomic mass is 32.2. The van der Waals surface area contributed by atoms with Crippen molar-refractivity contribution in [3.63, 3.8) is 0 Å². The van der Waals surface area contributed by atoms with Gasteiger partial charge in [-0.1, -0.05) is 13.3 Å². The summed E-state index contributed by atoms with van der Waals surface area (Å²) in [6.07, 6.45) is 1.08. The van der Waals surface area contributed by atoms with E-state index in [1.165, 1.54) is 6.92 Å². The molecule has 7 heteroatoms. The van der Waals surface area contributed by atoms with Gasteiger partial charge in [-0.25, -0.2) is 8.42 Å². The topological polar surface area (TPSA) is 96.3 Å². The van der Waals surface area contributed by atoms with Crippen LogP contribution in [0.25, 0.3) is 0 Å². The first-order chi connectivity index (χ1) is 7.38. The van der Waals surface area contributed by atoms with E-state index in [0.717, 1.165) is 7.11 Å². The lowest BCUT2D eigenvalue weighted by atomic mass is 10.2. The number of ether oxygens (including phenoxy) is 1. The van der Waals surface area contributed by atoms with Crippen molar-refractivity contribution in [2.75, 3.05) is 7.11 Å². The lowest BCUT2D eigenvalue weighted by molar-refractivity contribution is -0.139. The van der Waals surface area contributed by atoms with Gasteiger partial charge in [-0.05, 0) is 13.3 Å². The molecule has 0 bridgehead atoms. The molecule has 6 nitrogen and oxygen atoms in total. The molecule has 0 heterocycles. The van der Waals surface area contributed by atoms with E-state index in [9.17, 15) is 13.2 Å². The summed E-state index contributed by atoms with van der Waals surface area (Å²) in [5, 5.41) is 7.39. The summed E-state index contributed by atoms with van der Waals surface area (Å²) in [5.41, 5.74) is 0. The third-order valence-electron chi connectivity index (χ3n) is 2.04. The lowest BCUT2D eigenvalue weighted by Gasteiger charge is -2.14. The minimum absolute atomic E-state index is 0.406. The quantitative estimate of drug-likeness (QED) is 0.675. The number of rotatable bonds is 6. The number of esters is 1. The Morgan fingerprint density at radius 1 is 1.56 bits per heavy atom. The van der Waals surface area contributed by atoms with Crippen LogP contribution in [0.4, 0.5) is 0 Å². The summed E-state index contributed by atoms with van der Waals surface area (Å²) < 4.78 is 29.7. The van der Waals surface area contributed by atoms with Gasteiger partial charge in [-0.15, -0.1) is 0 Å². The smallest absolute Gasteiger partial charge is 0.325 e. The van der Waals surface area contributed by atoms with Gasteiger partial charge in [-0.3, -0.25) is 4.79 Å². The number of hydrogen-bond donors (Lipinski definition) is 1. The number of hydrogen-bond acceptors (Lipinski definition) is 5. The van der Waals surface area contributed by atoms with Crippen LogP contribution in [0.5, 0.6) is 0 Å². The number of nitriles is 1. The molecule has 16 heavy (non-hydrogen) atoms. The largest absolute Gasteiger partial charge is 0.468 e. The number of nitrogens with one attached hydrogen (secondary N) is 1. The Morgan fingerprint density at radius 2 is 2.12 bits per heavy atom. The summed E-state index contributed by atoms with van der Waals surface area (Å²) in [6.45, 7) is 3.05. The Bertz CT molecular complexity index is 371. The van der Waals surface area contributed by atoms with Crippen LogP contribution in [0.1, 0.15) is 26.7 Å². The van der Waals surface area contributed by atoms with Crippen molar-refractivity contribution in [2.24, 2.45) is 0 Å². The van der Waals surface area contributed by atoms with Crippen LogP contribution in [-0.2, 0) is 19.6 Å². The van der Waals surface area contributed by atoms with Crippen LogP contribution >= 0.6 is 0 Å². The third-order valence-corrected chi connectivity index (χ3v) is 3.77. The normalized spacial score (nSPS) is 14.9. The Labute approximate surface area is 95.6 Å². The summed E-state index contributed by atoms with van der Waals surface area (Å²) in [6, 6.07) is 1.02. The number of nitrogens with zero attached hydrogens (tertiary/aromatic N) is 1. The molecular formula is C9H16N2O4S. The summed E-state index contributed by atoms with van der Waals surface area (Å²) >= 11 is 0. The highest BCUT2D eigenvalue weighted by Gasteiger charge is 2.30. The molecule has 0 saturated carbocycles. The molecule has 0 aromatic carbocycles. The second-order valence-corrected chi connectivity index (χ2v) is 5.33. The van der Waals surface area contributed by atoms with Crippen LogP contribution in [0.2, 0.25) is 0 Å². The van der Waals surface area contributed by atoms with E-state index >= 15 is 0 Å². The standard InChI is InChI=1S/C9H16N2O4S/c1-4-5-8(6-10)11-16(13,14)7(2)9(12)15-3/h7-8,11H,4-5H2,1-3H3. The van der Waals surface area contributed by atoms with Gasteiger partial charge in [0.1, 0.15) is 6.04 Å². The molecule has 0 aliphatic rings. The van der Waals surface area contributed by atoms with Crippen LogP contribution in [0.3, 0.4) is 0 Å². The fourth-order valence-corrected chi connectivity index (χ4v) is 2.15. The molecule has 0 aliphatic heterocycles. The monoisotopic (exact) mass is 248 g/mol. The molecule has 0 fully saturated rings. The molecule has 0 aromatic rings. The fourth-order valence-electron chi connectivity index (χ4n) is 1.03. The first-order valence-electron chi connectivity index (χ1n) is 4.87. The Morgan fingerprint density at radius 3 is 2.50 bits per heavy atom. The molecule has 0 aliphatic carbocycles. The van der Waals surface area contributed by atoms with Crippen LogP contribution < -0.4 is 4.72 Å². The zero-order valence-electron chi connectivity index (χ0n) is 9.56. The molecule has 0 saturated heterocycles. The van der Waals surface area contributed by atoms with Gasteiger partial charge in [0.15, 0.2) is 5.25 Å². The number of carbonyl (C=O) groups excluding carboxylic acids is 1. The highest BCUT2D eigenvalue weighted by Crippen LogP contribution is 2.04. The van der Waals surface area contributed by atoms with E-state index < -0.39 is 27.3 Å². The van der Waals surface area contributed by atoms with E-state index in [0.29, 0.717) is 12.8 Å². The predicted octanol–water partition coefficient (Wildman–Crippen LogP) is 0.160. The van der Waals surface area contributed by atoms with Crippen molar-refractivity contribution >= 4 is 16.0 Å². The van der Waals surface area contributed by atoms with E-state index in [1.807, 2.05) is 13.0 Å². The maximum absolute atomic E-state index is 11.6. The number of sulfonamides is 1. The average Bonchev–Trinajstić information content (AvgIpc) is 2.26. The Kier molecular flexibility index (Phi) is 6.00. The second kappa shape index (κ2) is 6.45. The molecule has 0 rings (SSSR count). The first kappa shape index (κ1) is 14.9. The summed E-state index contributed by atoms with van der Waals surface area (Å²) in [4.78, 5) is 11.1. The maximum atomic E-state index is 11.6. The Hall–Kier alpha value is -1.13. The second-order valence-electron chi connectivity index (χ2n) is 3.30. The molecule has 0 amide bonds. The summed E-state index contributed by atoms with van der Waals surface area (Å²) in [7, 11) is -2.74. The third kappa shape index (κ3) is 4.16. The SMILES string of the molecule is CCCC(C#N)NS(=O)(=O)C(C)C(=O)OC. The average molecular weight is 248 g/mol. The minimum Gasteiger partial charge on any atom is -0.468 e. The van der Waals surface area contributed by atoms with E-state index in [-0.39, 0.29) is 0 Å². The van der Waals surface area contributed by atoms with Gasteiger partial charge in [0.2, 0.25) is 10.0 Å². The van der Waals surface area contributed by atoms with Crippen molar-refractivity contribution in [2.45, 2.75) is 38.0 Å². The van der Waals surface area contributed by atoms with Crippen molar-refractivity contribution < 1.29 is 17.9 Å². The van der Waals surface area contributed by atoms with Gasteiger partial charge in [0.25, 0.3) is 0 Å². The molecular weight excluding hydrogens is 232 g/mol. The number of carbonyl (C=O) groups is 1. The first-order valence-corrected chi connectivity index (χ1v) is 6.42. The number of methoxy groups -OCH3 is 1. The molecule has 0 radical (unpaired) electrons. The van der Waals surface area contributed by atoms with Gasteiger partial charge < -0.3 is 4.74 Å². The van der Waals surface area contributed by atoms with E-state index in [1.54, 1.807) is 0 Å². The fraction of sp³-hybridized carbons (Fsp3) is 0.778. The molecule has 2 atom stereocenters. The minimum atomic E-state index is -3.85. The van der Waals surface area contributed by atoms with Gasteiger partial charge in [-0.2, -0.15) is 9.98 Å². The molecule has 0 aromatic heterocycles. The molecule has 2 unspecified atom stereocenters. The van der Waals surface area contributed by atoms with Gasteiger partial charge in [0, 0.05) is 0 Å². The van der Waals surface area contributed by atoms with Crippen LogP contribution in [0.15, 0.2) is 0 Å². The summed E-state index contributed by atoms with van der Waals surface area (Å²) in [5.74, 6) is -0.847. The van der Waals surface area contributed by atoms with Crippen LogP contribution in [0, 0.1) is 11.3 Å². The molecule has 92 valence electrons.